The molecule has 0 saturated carbocycles. The molecule has 12 heteroatoms. The zero-order valence-electron chi connectivity index (χ0n) is 23.5. The summed E-state index contributed by atoms with van der Waals surface area (Å²) in [6.07, 6.45) is 0. The molecule has 3 aromatic heterocycles. The van der Waals surface area contributed by atoms with E-state index in [2.05, 4.69) is 15.1 Å². The first-order valence-corrected chi connectivity index (χ1v) is 13.5. The lowest BCUT2D eigenvalue weighted by atomic mass is 9.97. The van der Waals surface area contributed by atoms with Gasteiger partial charge in [0, 0.05) is 5.56 Å². The third-order valence-corrected chi connectivity index (χ3v) is 7.06. The minimum Gasteiger partial charge on any atom is -0.465 e. The number of hydrogen-bond acceptors (Lipinski definition) is 10. The van der Waals surface area contributed by atoms with Gasteiger partial charge in [0.25, 0.3) is 6.01 Å². The number of imidazole rings is 1. The Morgan fingerprint density at radius 3 is 2.44 bits per heavy atom. The lowest BCUT2D eigenvalue weighted by Gasteiger charge is -2.19. The Morgan fingerprint density at radius 2 is 1.77 bits per heavy atom. The molecule has 0 aliphatic carbocycles. The number of carbonyl (C=O) groups is 1. The third kappa shape index (κ3) is 5.25. The quantitative estimate of drug-likeness (QED) is 0.223. The summed E-state index contributed by atoms with van der Waals surface area (Å²) >= 11 is 0. The number of aromatic amines is 1. The number of fused-ring (bicyclic) bond motifs is 1. The fourth-order valence-corrected chi connectivity index (χ4v) is 4.97. The minimum absolute atomic E-state index is 0.138. The van der Waals surface area contributed by atoms with Crippen LogP contribution in [0.2, 0.25) is 0 Å². The van der Waals surface area contributed by atoms with Crippen molar-refractivity contribution in [1.82, 2.24) is 19.7 Å². The number of aromatic nitrogens is 4. The Kier molecular flexibility index (Phi) is 7.24. The fraction of sp³-hybridized carbons (Fsp3) is 0.194. The summed E-state index contributed by atoms with van der Waals surface area (Å²) in [5.74, 6) is -1.39. The van der Waals surface area contributed by atoms with E-state index < -0.39 is 17.5 Å². The number of esters is 1. The molecule has 12 nitrogen and oxygen atoms in total. The van der Waals surface area contributed by atoms with Crippen LogP contribution in [0, 0.1) is 6.92 Å². The average molecular weight is 583 g/mol. The van der Waals surface area contributed by atoms with Gasteiger partial charge < -0.3 is 18.3 Å². The number of ether oxygens (including phenoxy) is 2. The predicted octanol–water partition coefficient (Wildman–Crippen LogP) is 5.27. The highest BCUT2D eigenvalue weighted by atomic mass is 16.6. The summed E-state index contributed by atoms with van der Waals surface area (Å²) in [5, 5.41) is 3.84. The maximum Gasteiger partial charge on any atom is 0.519 e. The summed E-state index contributed by atoms with van der Waals surface area (Å²) in [4.78, 5) is 43.5. The lowest BCUT2D eigenvalue weighted by molar-refractivity contribution is 0.0444. The largest absolute Gasteiger partial charge is 0.519 e. The van der Waals surface area contributed by atoms with Crippen molar-refractivity contribution in [3.63, 3.8) is 0 Å². The second kappa shape index (κ2) is 11.3. The summed E-state index contributed by atoms with van der Waals surface area (Å²) in [7, 11) is 0. The average Bonchev–Trinajstić information content (AvgIpc) is 3.71. The van der Waals surface area contributed by atoms with E-state index in [0.29, 0.717) is 29.5 Å². The number of aryl methyl sites for hydroxylation is 1. The molecule has 1 atom stereocenters. The van der Waals surface area contributed by atoms with E-state index in [1.165, 1.54) is 0 Å². The molecule has 3 aromatic carbocycles. The van der Waals surface area contributed by atoms with Gasteiger partial charge in [0.1, 0.15) is 0 Å². The van der Waals surface area contributed by atoms with Crippen molar-refractivity contribution in [2.45, 2.75) is 33.4 Å². The first kappa shape index (κ1) is 27.5. The van der Waals surface area contributed by atoms with Gasteiger partial charge in [-0.1, -0.05) is 59.8 Å². The molecule has 3 heterocycles. The van der Waals surface area contributed by atoms with Gasteiger partial charge >= 0.3 is 17.5 Å². The van der Waals surface area contributed by atoms with Gasteiger partial charge in [-0.2, -0.15) is 4.98 Å². The van der Waals surface area contributed by atoms with Crippen molar-refractivity contribution in [3.05, 3.63) is 111 Å². The van der Waals surface area contributed by atoms with Gasteiger partial charge in [-0.3, -0.25) is 14.1 Å². The maximum atomic E-state index is 13.3. The Labute approximate surface area is 243 Å². The van der Waals surface area contributed by atoms with Crippen molar-refractivity contribution >= 4 is 17.0 Å². The molecule has 43 heavy (non-hydrogen) atoms. The molecule has 0 amide bonds. The maximum absolute atomic E-state index is 13.3. The van der Waals surface area contributed by atoms with Crippen LogP contribution in [0.3, 0.4) is 0 Å². The number of benzene rings is 3. The topological polar surface area (TPSA) is 156 Å². The molecule has 218 valence electrons. The Hall–Kier alpha value is -5.65. The fourth-order valence-electron chi connectivity index (χ4n) is 4.97. The van der Waals surface area contributed by atoms with E-state index in [4.69, 9.17) is 22.8 Å². The number of H-pyrrole nitrogens is 1. The SMILES string of the molecule is CCOc1nc2cccc(C(=O)OCc3oc(=O)oc3C)c2n1C(C)c1ccc(-c2ccccc2-c2noc(=O)[nH]2)cc1. The van der Waals surface area contributed by atoms with Crippen molar-refractivity contribution in [1.29, 1.82) is 0 Å². The zero-order valence-corrected chi connectivity index (χ0v) is 23.5. The Morgan fingerprint density at radius 1 is 1.00 bits per heavy atom. The highest BCUT2D eigenvalue weighted by molar-refractivity contribution is 6.02. The molecule has 6 rings (SSSR count). The standard InChI is InChI=1S/C31H26N4O8/c1-4-39-29-32-24-11-7-10-23(28(36)40-16-25-18(3)41-31(38)42-25)26(24)35(29)17(2)19-12-14-20(15-13-19)21-8-5-6-9-22(21)27-33-30(37)43-34-27/h5-15,17H,4,16H2,1-3H3,(H,33,34,37). The van der Waals surface area contributed by atoms with Gasteiger partial charge in [-0.25, -0.2) is 14.4 Å². The van der Waals surface area contributed by atoms with E-state index in [-0.39, 0.29) is 29.7 Å². The van der Waals surface area contributed by atoms with Crippen LogP contribution in [0.25, 0.3) is 33.5 Å². The number of carbonyl (C=O) groups excluding carboxylic acids is 1. The lowest BCUT2D eigenvalue weighted by Crippen LogP contribution is -2.13. The van der Waals surface area contributed by atoms with E-state index in [1.807, 2.05) is 66.9 Å². The Balaban J connectivity index is 1.35. The van der Waals surface area contributed by atoms with Crippen molar-refractivity contribution in [3.8, 4) is 28.5 Å². The van der Waals surface area contributed by atoms with Gasteiger partial charge in [-0.05, 0) is 49.6 Å². The zero-order chi connectivity index (χ0) is 30.1. The molecule has 0 fully saturated rings. The molecule has 0 radical (unpaired) electrons. The molecule has 0 saturated heterocycles. The summed E-state index contributed by atoms with van der Waals surface area (Å²) in [5.41, 5.74) is 4.79. The van der Waals surface area contributed by atoms with E-state index in [1.54, 1.807) is 25.1 Å². The first-order valence-electron chi connectivity index (χ1n) is 13.5. The predicted molar refractivity (Wildman–Crippen MR) is 154 cm³/mol. The van der Waals surface area contributed by atoms with Gasteiger partial charge in [0.2, 0.25) is 0 Å². The normalized spacial score (nSPS) is 12.0. The minimum atomic E-state index is -0.860. The molecular formula is C31H26N4O8. The summed E-state index contributed by atoms with van der Waals surface area (Å²) < 4.78 is 27.8. The van der Waals surface area contributed by atoms with E-state index in [0.717, 1.165) is 22.3 Å². The highest BCUT2D eigenvalue weighted by Gasteiger charge is 2.25. The molecule has 6 aromatic rings. The van der Waals surface area contributed by atoms with Gasteiger partial charge in [-0.15, -0.1) is 0 Å². The van der Waals surface area contributed by atoms with Crippen LogP contribution in [0.5, 0.6) is 6.01 Å². The second-order valence-corrected chi connectivity index (χ2v) is 9.67. The van der Waals surface area contributed by atoms with E-state index >= 15 is 0 Å². The van der Waals surface area contributed by atoms with Crippen LogP contribution in [-0.2, 0) is 11.3 Å². The van der Waals surface area contributed by atoms with Crippen LogP contribution in [0.15, 0.2) is 89.7 Å². The first-order chi connectivity index (χ1) is 20.8. The van der Waals surface area contributed by atoms with Crippen LogP contribution < -0.4 is 16.3 Å². The number of para-hydroxylation sites is 1. The number of nitrogens with one attached hydrogen (secondary N) is 1. The molecule has 1 N–H and O–H groups in total. The summed E-state index contributed by atoms with van der Waals surface area (Å²) in [6.45, 7) is 5.50. The van der Waals surface area contributed by atoms with Crippen molar-refractivity contribution < 1.29 is 27.6 Å². The second-order valence-electron chi connectivity index (χ2n) is 9.67. The smallest absolute Gasteiger partial charge is 0.465 e. The molecule has 0 aliphatic rings. The monoisotopic (exact) mass is 582 g/mol. The highest BCUT2D eigenvalue weighted by Crippen LogP contribution is 2.35. The van der Waals surface area contributed by atoms with Crippen molar-refractivity contribution in [2.75, 3.05) is 6.61 Å². The Bertz CT molecular complexity index is 2040. The molecule has 0 bridgehead atoms. The van der Waals surface area contributed by atoms with E-state index in [9.17, 15) is 14.4 Å². The number of rotatable bonds is 9. The number of hydrogen-bond donors (Lipinski definition) is 1. The van der Waals surface area contributed by atoms with Crippen LogP contribution >= 0.6 is 0 Å². The third-order valence-electron chi connectivity index (χ3n) is 7.06. The molecular weight excluding hydrogens is 556 g/mol. The number of nitrogens with zero attached hydrogens (tertiary/aromatic N) is 3. The molecule has 0 spiro atoms. The van der Waals surface area contributed by atoms with Crippen LogP contribution in [0.1, 0.15) is 47.3 Å². The van der Waals surface area contributed by atoms with Crippen molar-refractivity contribution in [2.24, 2.45) is 0 Å². The van der Waals surface area contributed by atoms with Crippen LogP contribution in [-0.4, -0.2) is 32.3 Å². The summed E-state index contributed by atoms with van der Waals surface area (Å²) in [6, 6.07) is 20.7. The van der Waals surface area contributed by atoms with Gasteiger partial charge in [0.15, 0.2) is 24.0 Å². The molecule has 0 aliphatic heterocycles. The van der Waals surface area contributed by atoms with Crippen LogP contribution in [0.4, 0.5) is 0 Å². The van der Waals surface area contributed by atoms with Gasteiger partial charge in [0.05, 0.1) is 29.2 Å². The molecule has 1 unspecified atom stereocenters.